The Morgan fingerprint density at radius 1 is 1.32 bits per heavy atom. The molecular formula is C13H15FN2O2S. The summed E-state index contributed by atoms with van der Waals surface area (Å²) >= 11 is 0. The molecule has 6 heteroatoms. The molecule has 0 bridgehead atoms. The second-order valence-corrected chi connectivity index (χ2v) is 7.19. The molecule has 1 aromatic heterocycles. The second-order valence-electron chi connectivity index (χ2n) is 4.97. The Morgan fingerprint density at radius 3 is 2.68 bits per heavy atom. The van der Waals surface area contributed by atoms with Crippen molar-refractivity contribution in [3.05, 3.63) is 35.9 Å². The smallest absolute Gasteiger partial charge is 0.217 e. The van der Waals surface area contributed by atoms with Crippen molar-refractivity contribution in [1.82, 2.24) is 9.29 Å². The molecule has 102 valence electrons. The van der Waals surface area contributed by atoms with Gasteiger partial charge in [-0.15, -0.1) is 0 Å². The number of halogens is 1. The van der Waals surface area contributed by atoms with Gasteiger partial charge in [-0.05, 0) is 36.5 Å². The number of rotatable bonds is 3. The van der Waals surface area contributed by atoms with E-state index in [2.05, 4.69) is 4.98 Å². The molecular weight excluding hydrogens is 267 g/mol. The van der Waals surface area contributed by atoms with Gasteiger partial charge in [0.2, 0.25) is 10.0 Å². The zero-order valence-electron chi connectivity index (χ0n) is 10.4. The molecule has 0 unspecified atom stereocenters. The Bertz CT molecular complexity index is 623. The van der Waals surface area contributed by atoms with Crippen LogP contribution in [0.25, 0.3) is 5.57 Å². The van der Waals surface area contributed by atoms with Crippen molar-refractivity contribution in [1.29, 1.82) is 0 Å². The van der Waals surface area contributed by atoms with Gasteiger partial charge in [0.05, 0.1) is 11.4 Å². The van der Waals surface area contributed by atoms with Crippen molar-refractivity contribution < 1.29 is 12.8 Å². The number of sulfonamides is 1. The normalized spacial score (nSPS) is 21.2. The van der Waals surface area contributed by atoms with E-state index in [0.29, 0.717) is 19.5 Å². The number of aromatic nitrogens is 1. The minimum absolute atomic E-state index is 0.168. The van der Waals surface area contributed by atoms with E-state index in [-0.39, 0.29) is 11.1 Å². The third-order valence-electron chi connectivity index (χ3n) is 3.55. The number of hydrogen-bond acceptors (Lipinski definition) is 3. The first-order chi connectivity index (χ1) is 9.07. The first kappa shape index (κ1) is 12.7. The van der Waals surface area contributed by atoms with Gasteiger partial charge in [-0.25, -0.2) is 12.8 Å². The molecule has 1 aliphatic heterocycles. The lowest BCUT2D eigenvalue weighted by molar-refractivity contribution is 0.440. The highest BCUT2D eigenvalue weighted by Gasteiger charge is 2.40. The molecule has 0 aromatic carbocycles. The second kappa shape index (κ2) is 4.68. The topological polar surface area (TPSA) is 50.3 Å². The van der Waals surface area contributed by atoms with Crippen LogP contribution in [-0.2, 0) is 10.0 Å². The monoisotopic (exact) mass is 282 g/mol. The van der Waals surface area contributed by atoms with Crippen LogP contribution < -0.4 is 0 Å². The molecule has 0 amide bonds. The van der Waals surface area contributed by atoms with E-state index in [0.717, 1.165) is 30.2 Å². The van der Waals surface area contributed by atoms with Crippen molar-refractivity contribution in [2.24, 2.45) is 0 Å². The maximum absolute atomic E-state index is 13.1. The first-order valence-electron chi connectivity index (χ1n) is 6.36. The van der Waals surface area contributed by atoms with Gasteiger partial charge in [0.15, 0.2) is 0 Å². The molecule has 2 heterocycles. The lowest BCUT2D eigenvalue weighted by atomic mass is 10.0. The van der Waals surface area contributed by atoms with Gasteiger partial charge in [0, 0.05) is 19.3 Å². The number of pyridine rings is 1. The fourth-order valence-corrected chi connectivity index (χ4v) is 4.09. The van der Waals surface area contributed by atoms with Gasteiger partial charge >= 0.3 is 0 Å². The number of hydrogen-bond donors (Lipinski definition) is 0. The molecule has 3 rings (SSSR count). The minimum Gasteiger partial charge on any atom is -0.261 e. The van der Waals surface area contributed by atoms with Crippen LogP contribution in [0.15, 0.2) is 24.5 Å². The van der Waals surface area contributed by atoms with E-state index in [1.54, 1.807) is 6.20 Å². The van der Waals surface area contributed by atoms with Crippen molar-refractivity contribution in [2.45, 2.75) is 24.5 Å². The van der Waals surface area contributed by atoms with Gasteiger partial charge in [-0.2, -0.15) is 4.31 Å². The molecule has 1 fully saturated rings. The summed E-state index contributed by atoms with van der Waals surface area (Å²) in [7, 11) is -3.10. The van der Waals surface area contributed by atoms with E-state index in [4.69, 9.17) is 0 Å². The van der Waals surface area contributed by atoms with Crippen molar-refractivity contribution >= 4 is 15.6 Å². The molecule has 1 saturated carbocycles. The summed E-state index contributed by atoms with van der Waals surface area (Å²) in [6.07, 6.45) is 6.81. The van der Waals surface area contributed by atoms with Crippen LogP contribution in [0.3, 0.4) is 0 Å². The third kappa shape index (κ3) is 2.55. The van der Waals surface area contributed by atoms with Gasteiger partial charge in [-0.1, -0.05) is 6.08 Å². The third-order valence-corrected chi connectivity index (χ3v) is 5.92. The quantitative estimate of drug-likeness (QED) is 0.849. The molecule has 19 heavy (non-hydrogen) atoms. The molecule has 0 saturated heterocycles. The summed E-state index contributed by atoms with van der Waals surface area (Å²) in [5.74, 6) is -0.369. The molecule has 4 nitrogen and oxygen atoms in total. The van der Waals surface area contributed by atoms with Gasteiger partial charge in [0.1, 0.15) is 5.82 Å². The van der Waals surface area contributed by atoms with E-state index in [1.165, 1.54) is 10.4 Å². The Kier molecular flexibility index (Phi) is 3.14. The molecule has 2 aliphatic rings. The fraction of sp³-hybridized carbons (Fsp3) is 0.462. The molecule has 0 N–H and O–H groups in total. The zero-order chi connectivity index (χ0) is 13.5. The van der Waals surface area contributed by atoms with Crippen LogP contribution >= 0.6 is 0 Å². The molecule has 1 aromatic rings. The summed E-state index contributed by atoms with van der Waals surface area (Å²) in [6, 6.07) is 1.43. The number of nitrogens with zero attached hydrogens (tertiary/aromatic N) is 2. The predicted octanol–water partition coefficient (Wildman–Crippen LogP) is 1.80. The highest BCUT2D eigenvalue weighted by atomic mass is 32.2. The van der Waals surface area contributed by atoms with Gasteiger partial charge < -0.3 is 0 Å². The molecule has 0 atom stereocenters. The largest absolute Gasteiger partial charge is 0.261 e. The van der Waals surface area contributed by atoms with Crippen LogP contribution in [0.1, 0.15) is 24.8 Å². The maximum Gasteiger partial charge on any atom is 0.217 e. The lowest BCUT2D eigenvalue weighted by Gasteiger charge is -2.25. The van der Waals surface area contributed by atoms with Crippen molar-refractivity contribution in [2.75, 3.05) is 13.1 Å². The van der Waals surface area contributed by atoms with Crippen LogP contribution in [0.5, 0.6) is 0 Å². The van der Waals surface area contributed by atoms with Crippen LogP contribution in [-0.4, -0.2) is 36.0 Å². The van der Waals surface area contributed by atoms with E-state index in [1.807, 2.05) is 6.08 Å². The first-order valence-corrected chi connectivity index (χ1v) is 7.86. The van der Waals surface area contributed by atoms with Crippen LogP contribution in [0.2, 0.25) is 0 Å². The lowest BCUT2D eigenvalue weighted by Crippen LogP contribution is -2.36. The zero-order valence-corrected chi connectivity index (χ0v) is 11.2. The van der Waals surface area contributed by atoms with Gasteiger partial charge in [0.25, 0.3) is 0 Å². The van der Waals surface area contributed by atoms with Crippen molar-refractivity contribution in [3.63, 3.8) is 0 Å². The van der Waals surface area contributed by atoms with Crippen molar-refractivity contribution in [3.8, 4) is 0 Å². The summed E-state index contributed by atoms with van der Waals surface area (Å²) < 4.78 is 38.8. The highest BCUT2D eigenvalue weighted by molar-refractivity contribution is 7.90. The van der Waals surface area contributed by atoms with E-state index in [9.17, 15) is 12.8 Å². The summed E-state index contributed by atoms with van der Waals surface area (Å²) in [4.78, 5) is 3.82. The SMILES string of the molecule is O=S(=O)(C1CC1)N1CC=C(c2cncc(F)c2)CC1. The Hall–Kier alpha value is -1.27. The Balaban J connectivity index is 1.77. The molecule has 0 radical (unpaired) electrons. The summed E-state index contributed by atoms with van der Waals surface area (Å²) in [5, 5.41) is -0.168. The van der Waals surface area contributed by atoms with Gasteiger partial charge in [-0.3, -0.25) is 4.98 Å². The average Bonchev–Trinajstić information content (AvgIpc) is 3.23. The average molecular weight is 282 g/mol. The Labute approximate surface area is 112 Å². The predicted molar refractivity (Wildman–Crippen MR) is 70.3 cm³/mol. The fourth-order valence-electron chi connectivity index (χ4n) is 2.31. The van der Waals surface area contributed by atoms with Crippen LogP contribution in [0, 0.1) is 5.82 Å². The standard InChI is InChI=1S/C13H15FN2O2S/c14-12-7-11(8-15-9-12)10-3-5-16(6-4-10)19(17,18)13-1-2-13/h3,7-9,13H,1-2,4-6H2. The Morgan fingerprint density at radius 2 is 2.11 bits per heavy atom. The van der Waals surface area contributed by atoms with Crippen LogP contribution in [0.4, 0.5) is 4.39 Å². The highest BCUT2D eigenvalue weighted by Crippen LogP contribution is 2.33. The van der Waals surface area contributed by atoms with E-state index < -0.39 is 10.0 Å². The summed E-state index contributed by atoms with van der Waals surface area (Å²) in [6.45, 7) is 0.853. The molecule has 1 aliphatic carbocycles. The molecule has 0 spiro atoms. The minimum atomic E-state index is -3.10. The maximum atomic E-state index is 13.1. The summed E-state index contributed by atoms with van der Waals surface area (Å²) in [5.41, 5.74) is 1.71. The van der Waals surface area contributed by atoms with E-state index >= 15 is 0 Å².